The average Bonchev–Trinajstić information content (AvgIpc) is 2.78. The lowest BCUT2D eigenvalue weighted by atomic mass is 10.1. The highest BCUT2D eigenvalue weighted by Crippen LogP contribution is 2.33. The minimum atomic E-state index is -0.453. The predicted molar refractivity (Wildman–Crippen MR) is 77.8 cm³/mol. The van der Waals surface area contributed by atoms with Crippen LogP contribution in [0.15, 0.2) is 17.7 Å². The Kier molecular flexibility index (Phi) is 4.47. The Bertz CT molecular complexity index is 590. The summed E-state index contributed by atoms with van der Waals surface area (Å²) in [6.45, 7) is 4.53. The van der Waals surface area contributed by atoms with Crippen LogP contribution < -0.4 is 20.3 Å². The zero-order chi connectivity index (χ0) is 15.4. The number of methoxy groups -OCH3 is 1. The second-order valence-electron chi connectivity index (χ2n) is 4.63. The molecule has 1 aromatic carbocycles. The summed E-state index contributed by atoms with van der Waals surface area (Å²) in [4.78, 5) is 23.1. The highest BCUT2D eigenvalue weighted by atomic mass is 16.5. The molecule has 1 saturated heterocycles. The fourth-order valence-electron chi connectivity index (χ4n) is 2.09. The van der Waals surface area contributed by atoms with Crippen LogP contribution in [0.2, 0.25) is 0 Å². The molecule has 0 spiro atoms. The molecule has 1 fully saturated rings. The largest absolute Gasteiger partial charge is 0.496 e. The zero-order valence-corrected chi connectivity index (χ0v) is 12.3. The summed E-state index contributed by atoms with van der Waals surface area (Å²) in [5, 5.41) is 0. The van der Waals surface area contributed by atoms with E-state index in [-0.39, 0.29) is 5.57 Å². The van der Waals surface area contributed by atoms with Crippen molar-refractivity contribution in [3.8, 4) is 11.5 Å². The van der Waals surface area contributed by atoms with E-state index in [0.29, 0.717) is 17.9 Å². The van der Waals surface area contributed by atoms with Gasteiger partial charge in [-0.2, -0.15) is 0 Å². The molecule has 6 heteroatoms. The Labute approximate surface area is 123 Å². The number of hydrazine groups is 1. The number of carbonyl (C=O) groups is 2. The van der Waals surface area contributed by atoms with E-state index in [1.165, 1.54) is 6.08 Å². The van der Waals surface area contributed by atoms with Gasteiger partial charge in [-0.25, -0.2) is 0 Å². The molecule has 1 aliphatic heterocycles. The van der Waals surface area contributed by atoms with Gasteiger partial charge in [-0.15, -0.1) is 0 Å². The first-order valence-electron chi connectivity index (χ1n) is 6.71. The van der Waals surface area contributed by atoms with Crippen molar-refractivity contribution in [3.63, 3.8) is 0 Å². The van der Waals surface area contributed by atoms with E-state index in [4.69, 9.17) is 9.47 Å². The summed E-state index contributed by atoms with van der Waals surface area (Å²) in [5.74, 6) is 0.414. The molecule has 0 unspecified atom stereocenters. The molecule has 0 saturated carbocycles. The van der Waals surface area contributed by atoms with Crippen LogP contribution in [0.3, 0.4) is 0 Å². The number of hydrogen-bond acceptors (Lipinski definition) is 4. The van der Waals surface area contributed by atoms with Gasteiger partial charge < -0.3 is 9.47 Å². The van der Waals surface area contributed by atoms with Gasteiger partial charge in [0.15, 0.2) is 0 Å². The van der Waals surface area contributed by atoms with E-state index in [9.17, 15) is 9.59 Å². The Morgan fingerprint density at radius 1 is 1.19 bits per heavy atom. The van der Waals surface area contributed by atoms with Crippen molar-refractivity contribution in [2.45, 2.75) is 20.3 Å². The highest BCUT2D eigenvalue weighted by Gasteiger charge is 2.26. The first kappa shape index (κ1) is 14.9. The molecule has 2 N–H and O–H groups in total. The molecule has 112 valence electrons. The van der Waals surface area contributed by atoms with Gasteiger partial charge in [0.2, 0.25) is 0 Å². The second-order valence-corrected chi connectivity index (χ2v) is 4.63. The third-order valence-electron chi connectivity index (χ3n) is 3.13. The van der Waals surface area contributed by atoms with E-state index >= 15 is 0 Å². The van der Waals surface area contributed by atoms with Gasteiger partial charge in [0.05, 0.1) is 13.7 Å². The summed E-state index contributed by atoms with van der Waals surface area (Å²) < 4.78 is 11.0. The lowest BCUT2D eigenvalue weighted by molar-refractivity contribution is -0.117. The van der Waals surface area contributed by atoms with Gasteiger partial charge in [0, 0.05) is 11.1 Å². The van der Waals surface area contributed by atoms with Crippen LogP contribution in [-0.2, 0) is 9.59 Å². The number of nitrogens with one attached hydrogen (secondary N) is 2. The topological polar surface area (TPSA) is 76.7 Å². The van der Waals surface area contributed by atoms with Crippen LogP contribution in [0.1, 0.15) is 24.5 Å². The van der Waals surface area contributed by atoms with E-state index in [2.05, 4.69) is 10.9 Å². The average molecular weight is 290 g/mol. The van der Waals surface area contributed by atoms with Crippen molar-refractivity contribution in [1.29, 1.82) is 0 Å². The summed E-state index contributed by atoms with van der Waals surface area (Å²) in [6.07, 6.45) is 2.42. The van der Waals surface area contributed by atoms with Crippen molar-refractivity contribution >= 4 is 17.9 Å². The molecular weight excluding hydrogens is 272 g/mol. The summed E-state index contributed by atoms with van der Waals surface area (Å²) in [6, 6.07) is 3.58. The molecule has 0 atom stereocenters. The fraction of sp³-hybridized carbons (Fsp3) is 0.333. The molecule has 0 bridgehead atoms. The van der Waals surface area contributed by atoms with E-state index in [1.807, 2.05) is 19.9 Å². The SMILES string of the molecule is CCCOc1ccc(C=C2C(=O)NNC2=O)c(OC)c1C. The Balaban J connectivity index is 2.41. The molecule has 0 radical (unpaired) electrons. The quantitative estimate of drug-likeness (QED) is 0.633. The molecule has 0 aromatic heterocycles. The predicted octanol–water partition coefficient (Wildman–Crippen LogP) is 1.34. The normalized spacial score (nSPS) is 13.8. The minimum Gasteiger partial charge on any atom is -0.496 e. The number of carbonyl (C=O) groups excluding carboxylic acids is 2. The Morgan fingerprint density at radius 3 is 2.43 bits per heavy atom. The molecule has 0 aliphatic carbocycles. The van der Waals surface area contributed by atoms with Crippen LogP contribution in [0.25, 0.3) is 6.08 Å². The first-order chi connectivity index (χ1) is 10.1. The van der Waals surface area contributed by atoms with Crippen molar-refractivity contribution in [3.05, 3.63) is 28.8 Å². The molecule has 2 rings (SSSR count). The summed E-state index contributed by atoms with van der Waals surface area (Å²) in [5.41, 5.74) is 6.05. The van der Waals surface area contributed by atoms with Gasteiger partial charge in [0.1, 0.15) is 17.1 Å². The van der Waals surface area contributed by atoms with Crippen LogP contribution >= 0.6 is 0 Å². The number of hydrogen-bond donors (Lipinski definition) is 2. The number of benzene rings is 1. The molecule has 2 amide bonds. The lowest BCUT2D eigenvalue weighted by Gasteiger charge is -2.14. The smallest absolute Gasteiger partial charge is 0.275 e. The van der Waals surface area contributed by atoms with Crippen molar-refractivity contribution < 1.29 is 19.1 Å². The van der Waals surface area contributed by atoms with E-state index in [1.54, 1.807) is 13.2 Å². The maximum Gasteiger partial charge on any atom is 0.275 e. The highest BCUT2D eigenvalue weighted by molar-refractivity contribution is 6.25. The lowest BCUT2D eigenvalue weighted by Crippen LogP contribution is -2.28. The Morgan fingerprint density at radius 2 is 1.86 bits per heavy atom. The third-order valence-corrected chi connectivity index (χ3v) is 3.13. The first-order valence-corrected chi connectivity index (χ1v) is 6.71. The molecule has 1 aliphatic rings. The van der Waals surface area contributed by atoms with E-state index in [0.717, 1.165) is 17.7 Å². The van der Waals surface area contributed by atoms with Crippen molar-refractivity contribution in [2.75, 3.05) is 13.7 Å². The van der Waals surface area contributed by atoms with Crippen LogP contribution in [0.4, 0.5) is 0 Å². The van der Waals surface area contributed by atoms with Crippen LogP contribution in [0.5, 0.6) is 11.5 Å². The third kappa shape index (κ3) is 2.99. The van der Waals surface area contributed by atoms with Crippen LogP contribution in [-0.4, -0.2) is 25.5 Å². The van der Waals surface area contributed by atoms with Gasteiger partial charge in [-0.05, 0) is 31.6 Å². The molecule has 6 nitrogen and oxygen atoms in total. The maximum absolute atomic E-state index is 11.6. The van der Waals surface area contributed by atoms with E-state index < -0.39 is 11.8 Å². The van der Waals surface area contributed by atoms with Gasteiger partial charge in [0.25, 0.3) is 11.8 Å². The van der Waals surface area contributed by atoms with Crippen molar-refractivity contribution in [1.82, 2.24) is 10.9 Å². The molecular formula is C15H18N2O4. The maximum atomic E-state index is 11.6. The van der Waals surface area contributed by atoms with Crippen molar-refractivity contribution in [2.24, 2.45) is 0 Å². The zero-order valence-electron chi connectivity index (χ0n) is 12.3. The summed E-state index contributed by atoms with van der Waals surface area (Å²) in [7, 11) is 1.54. The molecule has 1 heterocycles. The van der Waals surface area contributed by atoms with Gasteiger partial charge >= 0.3 is 0 Å². The monoisotopic (exact) mass is 290 g/mol. The van der Waals surface area contributed by atoms with Crippen LogP contribution in [0, 0.1) is 6.92 Å². The number of amides is 2. The summed E-state index contributed by atoms with van der Waals surface area (Å²) >= 11 is 0. The second kappa shape index (κ2) is 6.30. The Hall–Kier alpha value is -2.50. The standard InChI is InChI=1S/C15H18N2O4/c1-4-7-21-12-6-5-10(13(20-3)9(12)2)8-11-14(18)16-17-15(11)19/h5-6,8H,4,7H2,1-3H3,(H,16,18)(H,17,19). The minimum absolute atomic E-state index is 0.0509. The van der Waals surface area contributed by atoms with Gasteiger partial charge in [-0.3, -0.25) is 20.4 Å². The van der Waals surface area contributed by atoms with Gasteiger partial charge in [-0.1, -0.05) is 6.92 Å². The number of ether oxygens (including phenoxy) is 2. The number of rotatable bonds is 5. The molecule has 1 aromatic rings. The fourth-order valence-corrected chi connectivity index (χ4v) is 2.09. The molecule has 21 heavy (non-hydrogen) atoms.